The third-order valence-corrected chi connectivity index (χ3v) is 9.70. The van der Waals surface area contributed by atoms with Gasteiger partial charge in [-0.2, -0.15) is 0 Å². The van der Waals surface area contributed by atoms with Crippen LogP contribution in [0.15, 0.2) is 119 Å². The number of hydrogen-bond acceptors (Lipinski definition) is 6. The lowest BCUT2D eigenvalue weighted by molar-refractivity contribution is -0.140. The number of nitrogens with zero attached hydrogens (tertiary/aromatic N) is 2. The number of anilines is 1. The first kappa shape index (κ1) is 33.6. The van der Waals surface area contributed by atoms with Crippen LogP contribution in [-0.4, -0.2) is 57.1 Å². The molecule has 4 aromatic carbocycles. The minimum Gasteiger partial charge on any atom is -0.492 e. The predicted octanol–water partition coefficient (Wildman–Crippen LogP) is 5.78. The Labute approximate surface area is 270 Å². The second kappa shape index (κ2) is 16.2. The number of likely N-dealkylation sites (N-methyl/N-ethyl adjacent to an activating group) is 1. The molecule has 0 bridgehead atoms. The zero-order valence-corrected chi connectivity index (χ0v) is 27.4. The van der Waals surface area contributed by atoms with Crippen molar-refractivity contribution < 1.29 is 22.7 Å². The molecule has 0 heterocycles. The van der Waals surface area contributed by atoms with E-state index in [0.717, 1.165) is 20.3 Å². The van der Waals surface area contributed by atoms with Gasteiger partial charge < -0.3 is 15.0 Å². The number of hydrogen-bond donors (Lipinski definition) is 1. The molecule has 45 heavy (non-hydrogen) atoms. The van der Waals surface area contributed by atoms with Gasteiger partial charge in [0.1, 0.15) is 18.3 Å². The highest BCUT2D eigenvalue weighted by molar-refractivity contribution is 7.98. The van der Waals surface area contributed by atoms with Crippen LogP contribution in [0.25, 0.3) is 0 Å². The highest BCUT2D eigenvalue weighted by Crippen LogP contribution is 2.33. The maximum atomic E-state index is 14.5. The normalized spacial score (nSPS) is 11.8. The second-order valence-electron chi connectivity index (χ2n) is 10.2. The Balaban J connectivity index is 1.82. The molecule has 2 amide bonds. The number of carbonyl (C=O) groups excluding carboxylic acids is 2. The summed E-state index contributed by atoms with van der Waals surface area (Å²) < 4.78 is 35.5. The van der Waals surface area contributed by atoms with E-state index >= 15 is 0 Å². The van der Waals surface area contributed by atoms with Gasteiger partial charge in [-0.25, -0.2) is 8.42 Å². The van der Waals surface area contributed by atoms with Gasteiger partial charge in [-0.1, -0.05) is 72.8 Å². The lowest BCUT2D eigenvalue weighted by atomic mass is 10.0. The van der Waals surface area contributed by atoms with E-state index < -0.39 is 28.5 Å². The summed E-state index contributed by atoms with van der Waals surface area (Å²) in [6, 6.07) is 31.2. The zero-order valence-electron chi connectivity index (χ0n) is 25.8. The fraction of sp³-hybridized carbons (Fsp3) is 0.257. The first-order valence-electron chi connectivity index (χ1n) is 14.8. The molecule has 0 aliphatic carbocycles. The molecule has 0 radical (unpaired) electrons. The number of ether oxygens (including phenoxy) is 1. The van der Waals surface area contributed by atoms with Crippen LogP contribution in [0.4, 0.5) is 5.69 Å². The molecule has 10 heteroatoms. The first-order chi connectivity index (χ1) is 21.8. The first-order valence-corrected chi connectivity index (χ1v) is 17.5. The molecule has 236 valence electrons. The number of thioether (sulfide) groups is 1. The monoisotopic (exact) mass is 645 g/mol. The molecule has 0 aliphatic rings. The Morgan fingerprint density at radius 3 is 2.02 bits per heavy atom. The van der Waals surface area contributed by atoms with Gasteiger partial charge in [0.05, 0.1) is 17.2 Å². The van der Waals surface area contributed by atoms with Crippen LogP contribution < -0.4 is 14.4 Å². The van der Waals surface area contributed by atoms with Crippen LogP contribution in [0.1, 0.15) is 25.0 Å². The zero-order chi connectivity index (χ0) is 32.2. The van der Waals surface area contributed by atoms with E-state index in [1.807, 2.05) is 80.8 Å². The second-order valence-corrected chi connectivity index (χ2v) is 12.9. The summed E-state index contributed by atoms with van der Waals surface area (Å²) in [7, 11) is -4.24. The molecular formula is C35H39N3O5S2. The number of nitrogens with one attached hydrogen (secondary N) is 1. The van der Waals surface area contributed by atoms with Gasteiger partial charge >= 0.3 is 0 Å². The van der Waals surface area contributed by atoms with E-state index in [0.29, 0.717) is 18.9 Å². The molecule has 0 spiro atoms. The molecule has 0 saturated carbocycles. The Morgan fingerprint density at radius 1 is 0.822 bits per heavy atom. The predicted molar refractivity (Wildman–Crippen MR) is 180 cm³/mol. The number of benzene rings is 4. The lowest BCUT2D eigenvalue weighted by Gasteiger charge is -2.34. The van der Waals surface area contributed by atoms with Gasteiger partial charge in [-0.05, 0) is 67.6 Å². The van der Waals surface area contributed by atoms with Crippen molar-refractivity contribution >= 4 is 39.3 Å². The average Bonchev–Trinajstić information content (AvgIpc) is 3.06. The smallest absolute Gasteiger partial charge is 0.264 e. The number of para-hydroxylation sites is 2. The van der Waals surface area contributed by atoms with Crippen molar-refractivity contribution in [2.24, 2.45) is 0 Å². The molecule has 0 aliphatic heterocycles. The van der Waals surface area contributed by atoms with E-state index in [9.17, 15) is 18.0 Å². The van der Waals surface area contributed by atoms with Crippen LogP contribution >= 0.6 is 11.8 Å². The maximum Gasteiger partial charge on any atom is 0.264 e. The van der Waals surface area contributed by atoms with Crippen molar-refractivity contribution in [1.82, 2.24) is 10.2 Å². The van der Waals surface area contributed by atoms with Gasteiger partial charge in [0.15, 0.2) is 0 Å². The summed E-state index contributed by atoms with van der Waals surface area (Å²) in [6.45, 7) is 3.88. The molecule has 4 rings (SSSR count). The van der Waals surface area contributed by atoms with Crippen molar-refractivity contribution in [3.8, 4) is 5.75 Å². The summed E-state index contributed by atoms with van der Waals surface area (Å²) in [5, 5.41) is 2.88. The summed E-state index contributed by atoms with van der Waals surface area (Å²) in [6.07, 6.45) is 2.17. The molecule has 0 fully saturated rings. The van der Waals surface area contributed by atoms with Crippen molar-refractivity contribution in [3.05, 3.63) is 120 Å². The van der Waals surface area contributed by atoms with Gasteiger partial charge in [0.2, 0.25) is 11.8 Å². The standard InChI is InChI=1S/C35H39N3O5S2/c1-4-36-35(40)32(24-27-14-8-6-9-15-27)37(25-28-16-10-7-11-17-28)34(39)26-38(31-18-12-13-19-33(31)43-5-2)45(41,42)30-22-20-29(44-3)21-23-30/h6-23,32H,4-5,24-26H2,1-3H3,(H,36,40)/t32-/m1/s1. The number of sulfonamides is 1. The third-order valence-electron chi connectivity index (χ3n) is 7.18. The largest absolute Gasteiger partial charge is 0.492 e. The molecule has 1 N–H and O–H groups in total. The van der Waals surface area contributed by atoms with Crippen LogP contribution in [0.5, 0.6) is 5.75 Å². The van der Waals surface area contributed by atoms with E-state index in [4.69, 9.17) is 4.74 Å². The Hall–Kier alpha value is -4.28. The number of rotatable bonds is 15. The van der Waals surface area contributed by atoms with Crippen molar-refractivity contribution in [2.75, 3.05) is 30.3 Å². The van der Waals surface area contributed by atoms with Gasteiger partial charge in [0, 0.05) is 24.4 Å². The third kappa shape index (κ3) is 8.67. The average molecular weight is 646 g/mol. The van der Waals surface area contributed by atoms with Crippen molar-refractivity contribution in [2.45, 2.75) is 42.6 Å². The number of carbonyl (C=O) groups is 2. The molecule has 1 atom stereocenters. The highest BCUT2D eigenvalue weighted by atomic mass is 32.2. The lowest BCUT2D eigenvalue weighted by Crippen LogP contribution is -2.53. The van der Waals surface area contributed by atoms with Crippen LogP contribution in [0, 0.1) is 0 Å². The van der Waals surface area contributed by atoms with Crippen molar-refractivity contribution in [1.29, 1.82) is 0 Å². The van der Waals surface area contributed by atoms with Crippen LogP contribution in [-0.2, 0) is 32.6 Å². The Bertz CT molecular complexity index is 1650. The molecule has 4 aromatic rings. The highest BCUT2D eigenvalue weighted by Gasteiger charge is 2.35. The van der Waals surface area contributed by atoms with Crippen LogP contribution in [0.3, 0.4) is 0 Å². The van der Waals surface area contributed by atoms with E-state index in [1.165, 1.54) is 28.8 Å². The summed E-state index contributed by atoms with van der Waals surface area (Å²) in [5.74, 6) is -0.514. The fourth-order valence-electron chi connectivity index (χ4n) is 4.96. The van der Waals surface area contributed by atoms with E-state index in [1.54, 1.807) is 36.4 Å². The van der Waals surface area contributed by atoms with E-state index in [-0.39, 0.29) is 29.5 Å². The summed E-state index contributed by atoms with van der Waals surface area (Å²) in [4.78, 5) is 30.5. The molecule has 0 aromatic heterocycles. The quantitative estimate of drug-likeness (QED) is 0.165. The van der Waals surface area contributed by atoms with Crippen molar-refractivity contribution in [3.63, 3.8) is 0 Å². The molecule has 0 unspecified atom stereocenters. The molecule has 8 nitrogen and oxygen atoms in total. The Kier molecular flexibility index (Phi) is 12.1. The van der Waals surface area contributed by atoms with E-state index in [2.05, 4.69) is 5.32 Å². The maximum absolute atomic E-state index is 14.5. The molecule has 0 saturated heterocycles. The van der Waals surface area contributed by atoms with Gasteiger partial charge in [-0.15, -0.1) is 11.8 Å². The summed E-state index contributed by atoms with van der Waals surface area (Å²) >= 11 is 1.50. The Morgan fingerprint density at radius 2 is 1.42 bits per heavy atom. The summed E-state index contributed by atoms with van der Waals surface area (Å²) in [5.41, 5.74) is 1.92. The SMILES string of the molecule is CCNC(=O)[C@@H](Cc1ccccc1)N(Cc1ccccc1)C(=O)CN(c1ccccc1OCC)S(=O)(=O)c1ccc(SC)cc1. The van der Waals surface area contributed by atoms with Crippen LogP contribution in [0.2, 0.25) is 0 Å². The molecular weight excluding hydrogens is 607 g/mol. The topological polar surface area (TPSA) is 96.0 Å². The minimum absolute atomic E-state index is 0.0403. The van der Waals surface area contributed by atoms with Gasteiger partial charge in [-0.3, -0.25) is 13.9 Å². The fourth-order valence-corrected chi connectivity index (χ4v) is 6.79. The van der Waals surface area contributed by atoms with Gasteiger partial charge in [0.25, 0.3) is 10.0 Å². The minimum atomic E-state index is -4.24. The number of amides is 2.